The summed E-state index contributed by atoms with van der Waals surface area (Å²) in [6.45, 7) is 3.75. The van der Waals surface area contributed by atoms with Gasteiger partial charge in [0.2, 0.25) is 5.91 Å². The second-order valence-corrected chi connectivity index (χ2v) is 3.71. The monoisotopic (exact) mass is 236 g/mol. The number of hydrogen-bond acceptors (Lipinski definition) is 2. The van der Waals surface area contributed by atoms with Crippen LogP contribution in [-0.2, 0) is 9.59 Å². The molecule has 1 heterocycles. The first-order valence-electron chi connectivity index (χ1n) is 5.43. The van der Waals surface area contributed by atoms with Crippen LogP contribution in [0.4, 0.5) is 5.69 Å². The SMILES string of the molecule is CCCC(=O)Nc1c[nH]c(C=CC(=O)O)c1C. The number of rotatable bonds is 5. The van der Waals surface area contributed by atoms with Gasteiger partial charge >= 0.3 is 5.97 Å². The maximum Gasteiger partial charge on any atom is 0.328 e. The molecule has 0 atom stereocenters. The maximum absolute atomic E-state index is 11.4. The van der Waals surface area contributed by atoms with Crippen LogP contribution in [0.1, 0.15) is 31.0 Å². The van der Waals surface area contributed by atoms with Gasteiger partial charge < -0.3 is 15.4 Å². The molecule has 0 spiro atoms. The van der Waals surface area contributed by atoms with Gasteiger partial charge in [0.1, 0.15) is 0 Å². The summed E-state index contributed by atoms with van der Waals surface area (Å²) in [7, 11) is 0. The number of carboxylic acids is 1. The molecule has 5 heteroatoms. The van der Waals surface area contributed by atoms with E-state index in [9.17, 15) is 9.59 Å². The summed E-state index contributed by atoms with van der Waals surface area (Å²) in [5.41, 5.74) is 2.19. The highest BCUT2D eigenvalue weighted by Crippen LogP contribution is 2.19. The van der Waals surface area contributed by atoms with Crippen molar-refractivity contribution in [3.8, 4) is 0 Å². The predicted molar refractivity (Wildman–Crippen MR) is 65.7 cm³/mol. The fraction of sp³-hybridized carbons (Fsp3) is 0.333. The average molecular weight is 236 g/mol. The fourth-order valence-corrected chi connectivity index (χ4v) is 1.41. The summed E-state index contributed by atoms with van der Waals surface area (Å²) >= 11 is 0. The van der Waals surface area contributed by atoms with Crippen molar-refractivity contribution in [2.45, 2.75) is 26.7 Å². The first-order chi connectivity index (χ1) is 8.04. The molecule has 1 rings (SSSR count). The van der Waals surface area contributed by atoms with Gasteiger partial charge in [-0.2, -0.15) is 0 Å². The third-order valence-electron chi connectivity index (χ3n) is 2.32. The molecule has 0 unspecified atom stereocenters. The van der Waals surface area contributed by atoms with Crippen LogP contribution in [0.25, 0.3) is 6.08 Å². The molecule has 0 fully saturated rings. The van der Waals surface area contributed by atoms with Crippen LogP contribution in [0.3, 0.4) is 0 Å². The standard InChI is InChI=1S/C12H16N2O3/c1-3-4-11(15)14-10-7-13-9(8(10)2)5-6-12(16)17/h5-7,13H,3-4H2,1-2H3,(H,14,15)(H,16,17). The topological polar surface area (TPSA) is 82.2 Å². The number of carbonyl (C=O) groups excluding carboxylic acids is 1. The maximum atomic E-state index is 11.4. The summed E-state index contributed by atoms with van der Waals surface area (Å²) in [4.78, 5) is 24.7. The zero-order valence-electron chi connectivity index (χ0n) is 9.91. The Morgan fingerprint density at radius 3 is 2.82 bits per heavy atom. The Bertz CT molecular complexity index is 447. The molecule has 0 bridgehead atoms. The summed E-state index contributed by atoms with van der Waals surface area (Å²) in [5.74, 6) is -1.04. The second kappa shape index (κ2) is 5.89. The van der Waals surface area contributed by atoms with Crippen molar-refractivity contribution in [2.75, 3.05) is 5.32 Å². The Morgan fingerprint density at radius 2 is 2.24 bits per heavy atom. The van der Waals surface area contributed by atoms with E-state index in [0.29, 0.717) is 17.8 Å². The number of nitrogens with one attached hydrogen (secondary N) is 2. The summed E-state index contributed by atoms with van der Waals surface area (Å²) in [6, 6.07) is 0. The van der Waals surface area contributed by atoms with E-state index in [0.717, 1.165) is 18.1 Å². The van der Waals surface area contributed by atoms with Crippen LogP contribution < -0.4 is 5.32 Å². The van der Waals surface area contributed by atoms with Crippen molar-refractivity contribution < 1.29 is 14.7 Å². The molecule has 1 aromatic rings. The molecular weight excluding hydrogens is 220 g/mol. The number of carboxylic acid groups (broad SMARTS) is 1. The Balaban J connectivity index is 2.77. The number of aromatic amines is 1. The number of hydrogen-bond donors (Lipinski definition) is 3. The van der Waals surface area contributed by atoms with Gasteiger partial charge in [-0.25, -0.2) is 4.79 Å². The summed E-state index contributed by atoms with van der Waals surface area (Å²) in [5, 5.41) is 11.3. The van der Waals surface area contributed by atoms with E-state index >= 15 is 0 Å². The minimum atomic E-state index is -1.00. The van der Waals surface area contributed by atoms with E-state index in [2.05, 4.69) is 10.3 Å². The molecule has 17 heavy (non-hydrogen) atoms. The van der Waals surface area contributed by atoms with Crippen LogP contribution in [0.2, 0.25) is 0 Å². The molecule has 92 valence electrons. The van der Waals surface area contributed by atoms with E-state index in [4.69, 9.17) is 5.11 Å². The molecule has 0 aliphatic rings. The number of aliphatic carboxylic acids is 1. The highest BCUT2D eigenvalue weighted by molar-refractivity contribution is 5.92. The first kappa shape index (κ1) is 13.0. The Labute approximate surface area is 99.5 Å². The van der Waals surface area contributed by atoms with E-state index in [1.807, 2.05) is 13.8 Å². The molecule has 3 N–H and O–H groups in total. The highest BCUT2D eigenvalue weighted by Gasteiger charge is 2.07. The minimum absolute atomic E-state index is 0.0386. The Kier molecular flexibility index (Phi) is 4.51. The van der Waals surface area contributed by atoms with Gasteiger partial charge in [-0.05, 0) is 25.0 Å². The zero-order valence-corrected chi connectivity index (χ0v) is 9.91. The van der Waals surface area contributed by atoms with Gasteiger partial charge in [-0.15, -0.1) is 0 Å². The highest BCUT2D eigenvalue weighted by atomic mass is 16.4. The molecule has 1 aromatic heterocycles. The minimum Gasteiger partial charge on any atom is -0.478 e. The third kappa shape index (κ3) is 3.79. The predicted octanol–water partition coefficient (Wildman–Crippen LogP) is 2.16. The lowest BCUT2D eigenvalue weighted by Gasteiger charge is -2.02. The zero-order chi connectivity index (χ0) is 12.8. The fourth-order valence-electron chi connectivity index (χ4n) is 1.41. The molecule has 0 aliphatic heterocycles. The van der Waals surface area contributed by atoms with E-state index < -0.39 is 5.97 Å². The lowest BCUT2D eigenvalue weighted by molar-refractivity contribution is -0.131. The molecule has 0 aromatic carbocycles. The molecule has 0 radical (unpaired) electrons. The smallest absolute Gasteiger partial charge is 0.328 e. The first-order valence-corrected chi connectivity index (χ1v) is 5.43. The quantitative estimate of drug-likeness (QED) is 0.685. The molecule has 0 saturated carbocycles. The normalized spacial score (nSPS) is 10.7. The number of H-pyrrole nitrogens is 1. The van der Waals surface area contributed by atoms with Crippen molar-refractivity contribution in [3.05, 3.63) is 23.5 Å². The molecular formula is C12H16N2O3. The van der Waals surface area contributed by atoms with Gasteiger partial charge in [0, 0.05) is 24.4 Å². The average Bonchev–Trinajstić information content (AvgIpc) is 2.58. The number of amides is 1. The van der Waals surface area contributed by atoms with E-state index in [-0.39, 0.29) is 5.91 Å². The largest absolute Gasteiger partial charge is 0.478 e. The third-order valence-corrected chi connectivity index (χ3v) is 2.32. The molecule has 5 nitrogen and oxygen atoms in total. The number of aromatic nitrogens is 1. The Morgan fingerprint density at radius 1 is 1.53 bits per heavy atom. The van der Waals surface area contributed by atoms with Crippen LogP contribution >= 0.6 is 0 Å². The van der Waals surface area contributed by atoms with Crippen molar-refractivity contribution in [2.24, 2.45) is 0 Å². The van der Waals surface area contributed by atoms with E-state index in [1.54, 1.807) is 6.20 Å². The van der Waals surface area contributed by atoms with Crippen LogP contribution in [0.5, 0.6) is 0 Å². The molecule has 0 aliphatic carbocycles. The van der Waals surface area contributed by atoms with Crippen molar-refractivity contribution in [1.29, 1.82) is 0 Å². The number of carbonyl (C=O) groups is 2. The van der Waals surface area contributed by atoms with Crippen LogP contribution in [0, 0.1) is 6.92 Å². The number of anilines is 1. The second-order valence-electron chi connectivity index (χ2n) is 3.71. The van der Waals surface area contributed by atoms with Gasteiger partial charge in [0.25, 0.3) is 0 Å². The summed E-state index contributed by atoms with van der Waals surface area (Å²) < 4.78 is 0. The van der Waals surface area contributed by atoms with Gasteiger partial charge in [0.05, 0.1) is 5.69 Å². The van der Waals surface area contributed by atoms with E-state index in [1.165, 1.54) is 6.08 Å². The van der Waals surface area contributed by atoms with Gasteiger partial charge in [-0.1, -0.05) is 6.92 Å². The van der Waals surface area contributed by atoms with Crippen LogP contribution in [-0.4, -0.2) is 22.0 Å². The Hall–Kier alpha value is -2.04. The van der Waals surface area contributed by atoms with Crippen molar-refractivity contribution in [3.63, 3.8) is 0 Å². The lowest BCUT2D eigenvalue weighted by atomic mass is 10.2. The molecule has 0 saturated heterocycles. The van der Waals surface area contributed by atoms with Crippen molar-refractivity contribution in [1.82, 2.24) is 4.98 Å². The van der Waals surface area contributed by atoms with Gasteiger partial charge in [-0.3, -0.25) is 4.79 Å². The van der Waals surface area contributed by atoms with Crippen LogP contribution in [0.15, 0.2) is 12.3 Å². The van der Waals surface area contributed by atoms with Gasteiger partial charge in [0.15, 0.2) is 0 Å². The summed E-state index contributed by atoms with van der Waals surface area (Å²) in [6.07, 6.45) is 5.44. The lowest BCUT2D eigenvalue weighted by Crippen LogP contribution is -2.10. The molecule has 1 amide bonds. The van der Waals surface area contributed by atoms with Crippen molar-refractivity contribution >= 4 is 23.6 Å².